The van der Waals surface area contributed by atoms with Gasteiger partial charge >= 0.3 is 0 Å². The van der Waals surface area contributed by atoms with Crippen molar-refractivity contribution in [3.8, 4) is 0 Å². The van der Waals surface area contributed by atoms with Crippen molar-refractivity contribution in [1.82, 2.24) is 0 Å². The number of hydrogen-bond donors (Lipinski definition) is 0. The predicted molar refractivity (Wildman–Crippen MR) is 95.5 cm³/mol. The zero-order chi connectivity index (χ0) is 15.6. The standard InChI is InChI=1S/C21H23N/c1-21(2,3)22-15-18-14-13-16-9-7-8-12-19(16)20(18)17-10-5-4-6-11-17/h4-12,15H,13-14H2,1-3H3. The fraction of sp³-hybridized carbons (Fsp3) is 0.286. The number of allylic oxidation sites excluding steroid dienone is 1. The van der Waals surface area contributed by atoms with E-state index in [-0.39, 0.29) is 5.54 Å². The zero-order valence-corrected chi connectivity index (χ0v) is 13.6. The van der Waals surface area contributed by atoms with Crippen LogP contribution in [0.4, 0.5) is 0 Å². The van der Waals surface area contributed by atoms with Crippen molar-refractivity contribution < 1.29 is 0 Å². The number of aliphatic imine (C=N–C) groups is 1. The Kier molecular flexibility index (Phi) is 3.98. The molecule has 1 heteroatoms. The lowest BCUT2D eigenvalue weighted by molar-refractivity contribution is 0.586. The van der Waals surface area contributed by atoms with E-state index >= 15 is 0 Å². The quantitative estimate of drug-likeness (QED) is 0.665. The van der Waals surface area contributed by atoms with Crippen LogP contribution in [0.15, 0.2) is 65.2 Å². The van der Waals surface area contributed by atoms with Crippen LogP contribution >= 0.6 is 0 Å². The summed E-state index contributed by atoms with van der Waals surface area (Å²) >= 11 is 0. The minimum Gasteiger partial charge on any atom is -0.287 e. The van der Waals surface area contributed by atoms with E-state index in [9.17, 15) is 0 Å². The number of hydrogen-bond acceptors (Lipinski definition) is 1. The van der Waals surface area contributed by atoms with Crippen LogP contribution in [-0.2, 0) is 6.42 Å². The third-order valence-electron chi connectivity index (χ3n) is 3.94. The summed E-state index contributed by atoms with van der Waals surface area (Å²) < 4.78 is 0. The molecule has 0 saturated carbocycles. The maximum absolute atomic E-state index is 4.75. The molecule has 3 rings (SSSR count). The molecule has 2 aromatic carbocycles. The third kappa shape index (κ3) is 3.19. The molecule has 0 fully saturated rings. The maximum Gasteiger partial charge on any atom is 0.0524 e. The molecule has 0 heterocycles. The van der Waals surface area contributed by atoms with Crippen LogP contribution in [0.3, 0.4) is 0 Å². The normalized spacial score (nSPS) is 15.2. The lowest BCUT2D eigenvalue weighted by atomic mass is 9.82. The van der Waals surface area contributed by atoms with Crippen molar-refractivity contribution in [1.29, 1.82) is 0 Å². The number of nitrogens with zero attached hydrogens (tertiary/aromatic N) is 1. The monoisotopic (exact) mass is 289 g/mol. The van der Waals surface area contributed by atoms with E-state index in [1.54, 1.807) is 0 Å². The topological polar surface area (TPSA) is 12.4 Å². The highest BCUT2D eigenvalue weighted by Crippen LogP contribution is 2.35. The SMILES string of the molecule is CC(C)(C)N=CC1=C(c2ccccc2)c2ccccc2CC1. The summed E-state index contributed by atoms with van der Waals surface area (Å²) in [4.78, 5) is 4.75. The number of rotatable bonds is 2. The average Bonchev–Trinajstić information content (AvgIpc) is 2.52. The highest BCUT2D eigenvalue weighted by atomic mass is 14.8. The molecule has 0 atom stereocenters. The predicted octanol–water partition coefficient (Wildman–Crippen LogP) is 5.30. The molecular formula is C21H23N. The molecule has 1 aliphatic rings. The Labute approximate surface area is 133 Å². The minimum absolute atomic E-state index is 0.0359. The van der Waals surface area contributed by atoms with Gasteiger partial charge in [0.2, 0.25) is 0 Å². The van der Waals surface area contributed by atoms with Gasteiger partial charge in [-0.25, -0.2) is 0 Å². The molecule has 1 aliphatic carbocycles. The van der Waals surface area contributed by atoms with Gasteiger partial charge in [-0.05, 0) is 61.4 Å². The molecule has 1 nitrogen and oxygen atoms in total. The lowest BCUT2D eigenvalue weighted by Crippen LogP contribution is -2.12. The van der Waals surface area contributed by atoms with Crippen LogP contribution in [0.1, 0.15) is 43.9 Å². The van der Waals surface area contributed by atoms with E-state index in [1.807, 2.05) is 0 Å². The van der Waals surface area contributed by atoms with Gasteiger partial charge in [0.1, 0.15) is 0 Å². The van der Waals surface area contributed by atoms with Crippen LogP contribution in [0, 0.1) is 0 Å². The molecule has 0 spiro atoms. The molecule has 0 radical (unpaired) electrons. The van der Waals surface area contributed by atoms with Gasteiger partial charge in [0.15, 0.2) is 0 Å². The third-order valence-corrected chi connectivity index (χ3v) is 3.94. The van der Waals surface area contributed by atoms with E-state index in [0.717, 1.165) is 12.8 Å². The van der Waals surface area contributed by atoms with Gasteiger partial charge in [-0.2, -0.15) is 0 Å². The second-order valence-electron chi connectivity index (χ2n) is 6.85. The summed E-state index contributed by atoms with van der Waals surface area (Å²) in [6.07, 6.45) is 4.25. The van der Waals surface area contributed by atoms with Crippen LogP contribution in [0.2, 0.25) is 0 Å². The van der Waals surface area contributed by atoms with E-state index in [4.69, 9.17) is 4.99 Å². The summed E-state index contributed by atoms with van der Waals surface area (Å²) in [5.74, 6) is 0. The fourth-order valence-electron chi connectivity index (χ4n) is 2.90. The molecule has 0 N–H and O–H groups in total. The van der Waals surface area contributed by atoms with Gasteiger partial charge in [-0.1, -0.05) is 54.6 Å². The van der Waals surface area contributed by atoms with E-state index in [2.05, 4.69) is 81.6 Å². The molecule has 0 bridgehead atoms. The van der Waals surface area contributed by atoms with Gasteiger partial charge in [0.25, 0.3) is 0 Å². The number of aryl methyl sites for hydroxylation is 1. The number of benzene rings is 2. The summed E-state index contributed by atoms with van der Waals surface area (Å²) in [5.41, 5.74) is 6.73. The highest BCUT2D eigenvalue weighted by Gasteiger charge is 2.19. The Morgan fingerprint density at radius 2 is 1.55 bits per heavy atom. The average molecular weight is 289 g/mol. The Morgan fingerprint density at radius 3 is 2.27 bits per heavy atom. The Balaban J connectivity index is 2.17. The molecule has 0 aromatic heterocycles. The molecule has 0 amide bonds. The zero-order valence-electron chi connectivity index (χ0n) is 13.6. The van der Waals surface area contributed by atoms with E-state index in [1.165, 1.54) is 27.8 Å². The largest absolute Gasteiger partial charge is 0.287 e. The van der Waals surface area contributed by atoms with E-state index < -0.39 is 0 Å². The van der Waals surface area contributed by atoms with Crippen molar-refractivity contribution in [3.63, 3.8) is 0 Å². The summed E-state index contributed by atoms with van der Waals surface area (Å²) in [6, 6.07) is 19.4. The number of fused-ring (bicyclic) bond motifs is 1. The van der Waals surface area contributed by atoms with Crippen LogP contribution < -0.4 is 0 Å². The minimum atomic E-state index is -0.0359. The summed E-state index contributed by atoms with van der Waals surface area (Å²) in [7, 11) is 0. The summed E-state index contributed by atoms with van der Waals surface area (Å²) in [5, 5.41) is 0. The lowest BCUT2D eigenvalue weighted by Gasteiger charge is -2.23. The Morgan fingerprint density at radius 1 is 0.864 bits per heavy atom. The van der Waals surface area contributed by atoms with Crippen molar-refractivity contribution in [2.24, 2.45) is 4.99 Å². The molecule has 0 unspecified atom stereocenters. The van der Waals surface area contributed by atoms with Gasteiger partial charge in [0.05, 0.1) is 5.54 Å². The molecule has 22 heavy (non-hydrogen) atoms. The second kappa shape index (κ2) is 5.92. The Hall–Kier alpha value is -2.15. The highest BCUT2D eigenvalue weighted by molar-refractivity contribution is 5.98. The molecule has 0 aliphatic heterocycles. The van der Waals surface area contributed by atoms with Crippen molar-refractivity contribution >= 4 is 11.8 Å². The molecule has 2 aromatic rings. The molecule has 0 saturated heterocycles. The smallest absolute Gasteiger partial charge is 0.0524 e. The maximum atomic E-state index is 4.75. The van der Waals surface area contributed by atoms with Gasteiger partial charge in [-0.15, -0.1) is 0 Å². The first-order chi connectivity index (χ1) is 10.5. The van der Waals surface area contributed by atoms with Crippen LogP contribution in [0.5, 0.6) is 0 Å². The first-order valence-corrected chi connectivity index (χ1v) is 7.97. The van der Waals surface area contributed by atoms with Crippen molar-refractivity contribution in [2.75, 3.05) is 0 Å². The van der Waals surface area contributed by atoms with Gasteiger partial charge in [-0.3, -0.25) is 4.99 Å². The van der Waals surface area contributed by atoms with Crippen molar-refractivity contribution in [2.45, 2.75) is 39.2 Å². The molecule has 112 valence electrons. The summed E-state index contributed by atoms with van der Waals surface area (Å²) in [6.45, 7) is 6.43. The van der Waals surface area contributed by atoms with Crippen molar-refractivity contribution in [3.05, 3.63) is 76.9 Å². The van der Waals surface area contributed by atoms with Crippen LogP contribution in [0.25, 0.3) is 5.57 Å². The fourth-order valence-corrected chi connectivity index (χ4v) is 2.90. The first-order valence-electron chi connectivity index (χ1n) is 7.97. The van der Waals surface area contributed by atoms with Gasteiger partial charge in [0, 0.05) is 6.21 Å². The van der Waals surface area contributed by atoms with Gasteiger partial charge < -0.3 is 0 Å². The first kappa shape index (κ1) is 14.8. The van der Waals surface area contributed by atoms with Crippen LogP contribution in [-0.4, -0.2) is 11.8 Å². The molecular weight excluding hydrogens is 266 g/mol. The van der Waals surface area contributed by atoms with E-state index in [0.29, 0.717) is 0 Å². The Bertz CT molecular complexity index is 715. The second-order valence-corrected chi connectivity index (χ2v) is 6.85.